The van der Waals surface area contributed by atoms with Crippen molar-refractivity contribution >= 4 is 17.9 Å². The standard InChI is InChI=1S/C20H17FN2OS/c1-14-6-5-7-15(12-14)16-10-11-19(21)18(13-16)20(24)22-23-25-17-8-3-2-4-9-17/h2-13,23H,1H3,(H,22,24). The Morgan fingerprint density at radius 1 is 0.920 bits per heavy atom. The van der Waals surface area contributed by atoms with Crippen molar-refractivity contribution in [1.29, 1.82) is 0 Å². The molecule has 126 valence electrons. The van der Waals surface area contributed by atoms with Crippen molar-refractivity contribution in [3.63, 3.8) is 0 Å². The molecule has 0 aliphatic rings. The van der Waals surface area contributed by atoms with Crippen molar-refractivity contribution < 1.29 is 9.18 Å². The van der Waals surface area contributed by atoms with Crippen molar-refractivity contribution in [3.05, 3.63) is 89.7 Å². The molecule has 0 aliphatic heterocycles. The van der Waals surface area contributed by atoms with Crippen molar-refractivity contribution in [2.75, 3.05) is 0 Å². The zero-order valence-electron chi connectivity index (χ0n) is 13.6. The van der Waals surface area contributed by atoms with Crippen LogP contribution in [0.2, 0.25) is 0 Å². The molecule has 25 heavy (non-hydrogen) atoms. The lowest BCUT2D eigenvalue weighted by Gasteiger charge is -2.09. The molecule has 0 aromatic heterocycles. The fourth-order valence-corrected chi connectivity index (χ4v) is 2.94. The Bertz CT molecular complexity index is 884. The van der Waals surface area contributed by atoms with E-state index in [2.05, 4.69) is 10.3 Å². The molecule has 0 fully saturated rings. The number of hydrazine groups is 1. The van der Waals surface area contributed by atoms with E-state index in [9.17, 15) is 9.18 Å². The van der Waals surface area contributed by atoms with E-state index in [4.69, 9.17) is 0 Å². The van der Waals surface area contributed by atoms with Gasteiger partial charge in [-0.2, -0.15) is 4.83 Å². The third-order valence-electron chi connectivity index (χ3n) is 3.64. The van der Waals surface area contributed by atoms with Gasteiger partial charge in [-0.3, -0.25) is 10.2 Å². The largest absolute Gasteiger partial charge is 0.277 e. The lowest BCUT2D eigenvalue weighted by atomic mass is 10.0. The Balaban J connectivity index is 1.72. The van der Waals surface area contributed by atoms with E-state index in [1.165, 1.54) is 18.0 Å². The predicted molar refractivity (Wildman–Crippen MR) is 99.5 cm³/mol. The number of halogens is 1. The molecule has 3 aromatic carbocycles. The second-order valence-electron chi connectivity index (χ2n) is 5.54. The van der Waals surface area contributed by atoms with Crippen LogP contribution in [0, 0.1) is 12.7 Å². The number of amides is 1. The molecular weight excluding hydrogens is 335 g/mol. The number of hydrogen-bond acceptors (Lipinski definition) is 3. The number of hydrogen-bond donors (Lipinski definition) is 2. The smallest absolute Gasteiger partial charge is 0.269 e. The van der Waals surface area contributed by atoms with E-state index < -0.39 is 11.7 Å². The van der Waals surface area contributed by atoms with Crippen LogP contribution in [0.15, 0.2) is 77.7 Å². The highest BCUT2D eigenvalue weighted by Crippen LogP contribution is 2.23. The van der Waals surface area contributed by atoms with Crippen molar-refractivity contribution in [2.24, 2.45) is 0 Å². The number of rotatable bonds is 5. The minimum absolute atomic E-state index is 0.000155. The summed E-state index contributed by atoms with van der Waals surface area (Å²) in [4.78, 5) is 16.0. The van der Waals surface area contributed by atoms with Gasteiger partial charge in [0.15, 0.2) is 0 Å². The van der Waals surface area contributed by atoms with Crippen molar-refractivity contribution in [1.82, 2.24) is 10.3 Å². The molecule has 1 amide bonds. The van der Waals surface area contributed by atoms with Crippen LogP contribution >= 0.6 is 11.9 Å². The molecule has 0 heterocycles. The third-order valence-corrected chi connectivity index (χ3v) is 4.35. The maximum absolute atomic E-state index is 14.1. The number of benzene rings is 3. The summed E-state index contributed by atoms with van der Waals surface area (Å²) in [6, 6.07) is 21.9. The van der Waals surface area contributed by atoms with Crippen LogP contribution in [0.25, 0.3) is 11.1 Å². The molecule has 3 rings (SSSR count). The average molecular weight is 352 g/mol. The molecule has 0 bridgehead atoms. The van der Waals surface area contributed by atoms with Gasteiger partial charge in [0.1, 0.15) is 5.82 Å². The van der Waals surface area contributed by atoms with Crippen LogP contribution in [-0.4, -0.2) is 5.91 Å². The molecule has 3 aromatic rings. The minimum atomic E-state index is -0.555. The quantitative estimate of drug-likeness (QED) is 0.515. The first-order chi connectivity index (χ1) is 12.1. The summed E-state index contributed by atoms with van der Waals surface area (Å²) in [5.74, 6) is -1.07. The molecule has 3 nitrogen and oxygen atoms in total. The topological polar surface area (TPSA) is 41.1 Å². The first-order valence-electron chi connectivity index (χ1n) is 7.77. The van der Waals surface area contributed by atoms with Gasteiger partial charge in [-0.25, -0.2) is 4.39 Å². The summed E-state index contributed by atoms with van der Waals surface area (Å²) in [5.41, 5.74) is 5.36. The molecule has 0 spiro atoms. The zero-order valence-corrected chi connectivity index (χ0v) is 14.4. The van der Waals surface area contributed by atoms with Gasteiger partial charge in [-0.05, 0) is 54.3 Å². The molecule has 0 radical (unpaired) electrons. The highest BCUT2D eigenvalue weighted by molar-refractivity contribution is 7.97. The maximum Gasteiger partial charge on any atom is 0.269 e. The number of nitrogens with one attached hydrogen (secondary N) is 2. The van der Waals surface area contributed by atoms with Crippen molar-refractivity contribution in [3.8, 4) is 11.1 Å². The fourth-order valence-electron chi connectivity index (χ4n) is 2.39. The van der Waals surface area contributed by atoms with Crippen LogP contribution in [0.5, 0.6) is 0 Å². The average Bonchev–Trinajstić information content (AvgIpc) is 2.63. The first kappa shape index (κ1) is 17.2. The van der Waals surface area contributed by atoms with Crippen LogP contribution in [-0.2, 0) is 0 Å². The molecule has 0 saturated carbocycles. The van der Waals surface area contributed by atoms with Gasteiger partial charge in [0.05, 0.1) is 5.56 Å². The Hall–Kier alpha value is -2.63. The summed E-state index contributed by atoms with van der Waals surface area (Å²) in [6.45, 7) is 1.99. The maximum atomic E-state index is 14.1. The van der Waals surface area contributed by atoms with Gasteiger partial charge in [0.25, 0.3) is 5.91 Å². The van der Waals surface area contributed by atoms with Gasteiger partial charge < -0.3 is 0 Å². The van der Waals surface area contributed by atoms with E-state index in [1.807, 2.05) is 61.5 Å². The van der Waals surface area contributed by atoms with Gasteiger partial charge in [-0.15, -0.1) is 0 Å². The molecule has 0 aliphatic carbocycles. The van der Waals surface area contributed by atoms with Gasteiger partial charge in [0.2, 0.25) is 0 Å². The van der Waals surface area contributed by atoms with E-state index in [1.54, 1.807) is 12.1 Å². The van der Waals surface area contributed by atoms with E-state index in [0.717, 1.165) is 21.6 Å². The fraction of sp³-hybridized carbons (Fsp3) is 0.0500. The normalized spacial score (nSPS) is 10.5. The van der Waals surface area contributed by atoms with Crippen molar-refractivity contribution in [2.45, 2.75) is 11.8 Å². The summed E-state index contributed by atoms with van der Waals surface area (Å²) in [5, 5.41) is 0. The Kier molecular flexibility index (Phi) is 5.48. The highest BCUT2D eigenvalue weighted by atomic mass is 32.2. The second kappa shape index (κ2) is 7.96. The summed E-state index contributed by atoms with van der Waals surface area (Å²) < 4.78 is 14.1. The third kappa shape index (κ3) is 4.47. The number of aryl methyl sites for hydroxylation is 1. The summed E-state index contributed by atoms with van der Waals surface area (Å²) >= 11 is 1.25. The van der Waals surface area contributed by atoms with Crippen LogP contribution in [0.3, 0.4) is 0 Å². The van der Waals surface area contributed by atoms with Crippen LogP contribution in [0.1, 0.15) is 15.9 Å². The van der Waals surface area contributed by atoms with E-state index in [-0.39, 0.29) is 5.56 Å². The lowest BCUT2D eigenvalue weighted by molar-refractivity contribution is 0.0943. The second-order valence-corrected chi connectivity index (χ2v) is 6.42. The van der Waals surface area contributed by atoms with E-state index in [0.29, 0.717) is 0 Å². The summed E-state index contributed by atoms with van der Waals surface area (Å²) in [7, 11) is 0. The highest BCUT2D eigenvalue weighted by Gasteiger charge is 2.13. The Morgan fingerprint density at radius 3 is 2.44 bits per heavy atom. The SMILES string of the molecule is Cc1cccc(-c2ccc(F)c(C(=O)NNSc3ccccc3)c2)c1. The summed E-state index contributed by atoms with van der Waals surface area (Å²) in [6.07, 6.45) is 0. The lowest BCUT2D eigenvalue weighted by Crippen LogP contribution is -2.33. The Labute approximate surface area is 150 Å². The van der Waals surface area contributed by atoms with E-state index >= 15 is 0 Å². The molecular formula is C20H17FN2OS. The molecule has 0 atom stereocenters. The van der Waals surface area contributed by atoms with Crippen LogP contribution < -0.4 is 10.3 Å². The number of carbonyl (C=O) groups is 1. The monoisotopic (exact) mass is 352 g/mol. The molecule has 0 saturated heterocycles. The molecule has 5 heteroatoms. The van der Waals surface area contributed by atoms with Crippen LogP contribution in [0.4, 0.5) is 4.39 Å². The number of carbonyl (C=O) groups excluding carboxylic acids is 1. The predicted octanol–water partition coefficient (Wildman–Crippen LogP) is 4.74. The van der Waals surface area contributed by atoms with Gasteiger partial charge in [0, 0.05) is 4.90 Å². The molecule has 2 N–H and O–H groups in total. The first-order valence-corrected chi connectivity index (χ1v) is 8.59. The zero-order chi connectivity index (χ0) is 17.6. The Morgan fingerprint density at radius 2 is 1.68 bits per heavy atom. The van der Waals surface area contributed by atoms with Gasteiger partial charge in [-0.1, -0.05) is 54.1 Å². The minimum Gasteiger partial charge on any atom is -0.277 e. The molecule has 0 unspecified atom stereocenters. The van der Waals surface area contributed by atoms with Gasteiger partial charge >= 0.3 is 0 Å².